The standard InChI is InChI=1S/C15H19NO4/c1-2-12(9-17)13(15(16)19)8-14(18)20-10-11-6-4-3-5-7-11/h3-7,9,12-13H,2,8,10H2,1H3,(H2,16,19)/t12-,13?/m0/s1. The molecule has 0 fully saturated rings. The van der Waals surface area contributed by atoms with E-state index >= 15 is 0 Å². The van der Waals surface area contributed by atoms with Gasteiger partial charge in [-0.05, 0) is 12.0 Å². The molecular formula is C15H19NO4. The quantitative estimate of drug-likeness (QED) is 0.575. The van der Waals surface area contributed by atoms with Crippen molar-refractivity contribution >= 4 is 18.2 Å². The number of hydrogen-bond acceptors (Lipinski definition) is 4. The first-order chi connectivity index (χ1) is 9.58. The van der Waals surface area contributed by atoms with E-state index in [1.807, 2.05) is 30.3 Å². The lowest BCUT2D eigenvalue weighted by atomic mass is 9.88. The topological polar surface area (TPSA) is 86.5 Å². The van der Waals surface area contributed by atoms with Gasteiger partial charge in [0.05, 0.1) is 12.3 Å². The van der Waals surface area contributed by atoms with Crippen molar-refractivity contribution in [3.8, 4) is 0 Å². The van der Waals surface area contributed by atoms with Crippen LogP contribution in [0.15, 0.2) is 30.3 Å². The first kappa shape index (κ1) is 15.9. The van der Waals surface area contributed by atoms with E-state index in [0.29, 0.717) is 12.7 Å². The van der Waals surface area contributed by atoms with Crippen LogP contribution in [-0.4, -0.2) is 18.2 Å². The van der Waals surface area contributed by atoms with E-state index in [1.165, 1.54) is 0 Å². The summed E-state index contributed by atoms with van der Waals surface area (Å²) >= 11 is 0. The van der Waals surface area contributed by atoms with E-state index in [-0.39, 0.29) is 13.0 Å². The Morgan fingerprint density at radius 2 is 1.95 bits per heavy atom. The largest absolute Gasteiger partial charge is 0.461 e. The zero-order chi connectivity index (χ0) is 15.0. The van der Waals surface area contributed by atoms with Gasteiger partial charge in [-0.2, -0.15) is 0 Å². The number of ether oxygens (including phenoxy) is 1. The van der Waals surface area contributed by atoms with Gasteiger partial charge in [-0.1, -0.05) is 37.3 Å². The molecule has 20 heavy (non-hydrogen) atoms. The first-order valence-corrected chi connectivity index (χ1v) is 6.52. The Kier molecular flexibility index (Phi) is 6.43. The molecule has 1 aromatic rings. The highest BCUT2D eigenvalue weighted by Gasteiger charge is 2.28. The molecular weight excluding hydrogens is 258 g/mol. The van der Waals surface area contributed by atoms with Crippen molar-refractivity contribution in [3.05, 3.63) is 35.9 Å². The molecule has 1 rings (SSSR count). The Hall–Kier alpha value is -2.17. The number of benzene rings is 1. The zero-order valence-corrected chi connectivity index (χ0v) is 11.5. The molecule has 2 atom stereocenters. The van der Waals surface area contributed by atoms with Gasteiger partial charge in [0.1, 0.15) is 12.9 Å². The van der Waals surface area contributed by atoms with Crippen LogP contribution in [0.3, 0.4) is 0 Å². The first-order valence-electron chi connectivity index (χ1n) is 6.52. The van der Waals surface area contributed by atoms with Crippen molar-refractivity contribution in [1.82, 2.24) is 0 Å². The summed E-state index contributed by atoms with van der Waals surface area (Å²) in [6.45, 7) is 1.91. The van der Waals surface area contributed by atoms with Crippen molar-refractivity contribution in [2.24, 2.45) is 17.6 Å². The maximum Gasteiger partial charge on any atom is 0.306 e. The summed E-state index contributed by atoms with van der Waals surface area (Å²) in [5.74, 6) is -2.53. The van der Waals surface area contributed by atoms with Crippen molar-refractivity contribution < 1.29 is 19.1 Å². The number of rotatable bonds is 8. The third-order valence-electron chi connectivity index (χ3n) is 3.16. The van der Waals surface area contributed by atoms with Crippen LogP contribution in [0.1, 0.15) is 25.3 Å². The molecule has 5 nitrogen and oxygen atoms in total. The van der Waals surface area contributed by atoms with Gasteiger partial charge in [-0.25, -0.2) is 0 Å². The minimum Gasteiger partial charge on any atom is -0.461 e. The molecule has 1 aromatic carbocycles. The van der Waals surface area contributed by atoms with Gasteiger partial charge in [-0.3, -0.25) is 9.59 Å². The lowest BCUT2D eigenvalue weighted by molar-refractivity contribution is -0.148. The summed E-state index contributed by atoms with van der Waals surface area (Å²) in [5, 5.41) is 0. The number of primary amides is 1. The Morgan fingerprint density at radius 1 is 1.30 bits per heavy atom. The minimum atomic E-state index is -0.805. The van der Waals surface area contributed by atoms with E-state index < -0.39 is 23.7 Å². The van der Waals surface area contributed by atoms with Crippen molar-refractivity contribution in [2.75, 3.05) is 0 Å². The normalized spacial score (nSPS) is 13.2. The molecule has 1 unspecified atom stereocenters. The van der Waals surface area contributed by atoms with Crippen LogP contribution in [0.25, 0.3) is 0 Å². The Morgan fingerprint density at radius 3 is 2.45 bits per heavy atom. The SMILES string of the molecule is CC[C@@H](C=O)C(CC(=O)OCc1ccccc1)C(N)=O. The van der Waals surface area contributed by atoms with Gasteiger partial charge in [0.2, 0.25) is 5.91 Å². The van der Waals surface area contributed by atoms with Crippen LogP contribution < -0.4 is 5.73 Å². The van der Waals surface area contributed by atoms with E-state index in [4.69, 9.17) is 10.5 Å². The molecule has 0 bridgehead atoms. The average molecular weight is 277 g/mol. The summed E-state index contributed by atoms with van der Waals surface area (Å²) in [6.07, 6.45) is 0.961. The smallest absolute Gasteiger partial charge is 0.306 e. The van der Waals surface area contributed by atoms with Crippen LogP contribution in [0, 0.1) is 11.8 Å². The highest BCUT2D eigenvalue weighted by molar-refractivity contribution is 5.85. The lowest BCUT2D eigenvalue weighted by Gasteiger charge is -2.17. The van der Waals surface area contributed by atoms with Gasteiger partial charge >= 0.3 is 5.97 Å². The summed E-state index contributed by atoms with van der Waals surface area (Å²) in [4.78, 5) is 33.9. The fourth-order valence-electron chi connectivity index (χ4n) is 1.92. The zero-order valence-electron chi connectivity index (χ0n) is 11.5. The summed E-state index contributed by atoms with van der Waals surface area (Å²) < 4.78 is 5.09. The minimum absolute atomic E-state index is 0.142. The third kappa shape index (κ3) is 4.84. The Balaban J connectivity index is 2.54. The maximum absolute atomic E-state index is 11.7. The second-order valence-corrected chi connectivity index (χ2v) is 4.57. The molecule has 0 aliphatic heterocycles. The second kappa shape index (κ2) is 8.09. The molecule has 0 spiro atoms. The van der Waals surface area contributed by atoms with Crippen LogP contribution in [0.4, 0.5) is 0 Å². The van der Waals surface area contributed by atoms with Crippen LogP contribution in [0.2, 0.25) is 0 Å². The van der Waals surface area contributed by atoms with Crippen LogP contribution in [-0.2, 0) is 25.7 Å². The monoisotopic (exact) mass is 277 g/mol. The second-order valence-electron chi connectivity index (χ2n) is 4.57. The molecule has 1 amide bonds. The fraction of sp³-hybridized carbons (Fsp3) is 0.400. The summed E-state index contributed by atoms with van der Waals surface area (Å²) in [6, 6.07) is 9.21. The number of carbonyl (C=O) groups excluding carboxylic acids is 3. The average Bonchev–Trinajstić information content (AvgIpc) is 2.46. The highest BCUT2D eigenvalue weighted by Crippen LogP contribution is 2.18. The molecule has 5 heteroatoms. The van der Waals surface area contributed by atoms with Crippen LogP contribution in [0.5, 0.6) is 0 Å². The predicted molar refractivity (Wildman–Crippen MR) is 73.4 cm³/mol. The van der Waals surface area contributed by atoms with Gasteiger partial charge in [0.15, 0.2) is 0 Å². The highest BCUT2D eigenvalue weighted by atomic mass is 16.5. The molecule has 0 saturated heterocycles. The number of aldehydes is 1. The van der Waals surface area contributed by atoms with Crippen molar-refractivity contribution in [2.45, 2.75) is 26.4 Å². The molecule has 0 heterocycles. The van der Waals surface area contributed by atoms with E-state index in [0.717, 1.165) is 5.56 Å². The van der Waals surface area contributed by atoms with Gasteiger partial charge < -0.3 is 15.3 Å². The molecule has 0 saturated carbocycles. The Labute approximate surface area is 118 Å². The molecule has 2 N–H and O–H groups in total. The lowest BCUT2D eigenvalue weighted by Crippen LogP contribution is -2.33. The number of esters is 1. The third-order valence-corrected chi connectivity index (χ3v) is 3.16. The van der Waals surface area contributed by atoms with Crippen molar-refractivity contribution in [3.63, 3.8) is 0 Å². The number of amides is 1. The Bertz CT molecular complexity index is 458. The predicted octanol–water partition coefficient (Wildman–Crippen LogP) is 1.45. The van der Waals surface area contributed by atoms with E-state index in [9.17, 15) is 14.4 Å². The molecule has 0 aliphatic rings. The van der Waals surface area contributed by atoms with Gasteiger partial charge in [0.25, 0.3) is 0 Å². The molecule has 0 aliphatic carbocycles. The number of nitrogens with two attached hydrogens (primary N) is 1. The molecule has 0 radical (unpaired) electrons. The van der Waals surface area contributed by atoms with E-state index in [1.54, 1.807) is 6.92 Å². The molecule has 108 valence electrons. The van der Waals surface area contributed by atoms with E-state index in [2.05, 4.69) is 0 Å². The maximum atomic E-state index is 11.7. The number of carbonyl (C=O) groups is 3. The van der Waals surface area contributed by atoms with Crippen molar-refractivity contribution in [1.29, 1.82) is 0 Å². The fourth-order valence-corrected chi connectivity index (χ4v) is 1.92. The summed E-state index contributed by atoms with van der Waals surface area (Å²) in [5.41, 5.74) is 6.10. The molecule has 0 aromatic heterocycles. The summed E-state index contributed by atoms with van der Waals surface area (Å²) in [7, 11) is 0. The van der Waals surface area contributed by atoms with Gasteiger partial charge in [0, 0.05) is 5.92 Å². The van der Waals surface area contributed by atoms with Gasteiger partial charge in [-0.15, -0.1) is 0 Å². The number of hydrogen-bond donors (Lipinski definition) is 1. The van der Waals surface area contributed by atoms with Crippen LogP contribution >= 0.6 is 0 Å².